The molecule has 10 nitrogen and oxygen atoms in total. The minimum absolute atomic E-state index is 0.131. The number of carbonyl (C=O) groups is 4. The number of ether oxygens (including phenoxy) is 2. The molecule has 0 saturated heterocycles. The van der Waals surface area contributed by atoms with Crippen LogP contribution in [0.25, 0.3) is 0 Å². The molecule has 2 heterocycles. The summed E-state index contributed by atoms with van der Waals surface area (Å²) in [6, 6.07) is 24.1. The van der Waals surface area contributed by atoms with Gasteiger partial charge in [-0.05, 0) is 71.8 Å². The fraction of sp³-hybridized carbons (Fsp3) is 0.220. The van der Waals surface area contributed by atoms with Crippen molar-refractivity contribution in [2.75, 3.05) is 26.3 Å². The van der Waals surface area contributed by atoms with Crippen LogP contribution >= 0.6 is 0 Å². The number of nitrogens with zero attached hydrogens (tertiary/aromatic N) is 2. The third-order valence-corrected chi connectivity index (χ3v) is 9.10. The van der Waals surface area contributed by atoms with Gasteiger partial charge in [0.15, 0.2) is 0 Å². The number of aliphatic hydroxyl groups is 2. The molecule has 2 aliphatic heterocycles. The van der Waals surface area contributed by atoms with Gasteiger partial charge in [0.25, 0.3) is 23.6 Å². The summed E-state index contributed by atoms with van der Waals surface area (Å²) in [5.74, 6) is 3.94. The molecule has 0 aromatic heterocycles. The highest BCUT2D eigenvalue weighted by atomic mass is 16.5. The smallest absolute Gasteiger partial charge is 0.261 e. The van der Waals surface area contributed by atoms with Gasteiger partial charge in [0.2, 0.25) is 0 Å². The molecule has 51 heavy (non-hydrogen) atoms. The number of carbonyl (C=O) groups excluding carboxylic acids is 4. The zero-order valence-electron chi connectivity index (χ0n) is 28.0. The van der Waals surface area contributed by atoms with E-state index in [1.807, 2.05) is 24.3 Å². The molecule has 0 fully saturated rings. The average Bonchev–Trinajstić information content (AvgIpc) is 3.52. The molecular weight excluding hydrogens is 648 g/mol. The number of rotatable bonds is 12. The van der Waals surface area contributed by atoms with Gasteiger partial charge in [-0.2, -0.15) is 0 Å². The molecule has 0 spiro atoms. The predicted octanol–water partition coefficient (Wildman–Crippen LogP) is 4.05. The van der Waals surface area contributed by atoms with Crippen molar-refractivity contribution in [1.29, 1.82) is 0 Å². The molecule has 2 aliphatic rings. The highest BCUT2D eigenvalue weighted by Gasteiger charge is 2.38. The first-order valence-electron chi connectivity index (χ1n) is 16.2. The van der Waals surface area contributed by atoms with Gasteiger partial charge < -0.3 is 19.7 Å². The highest BCUT2D eigenvalue weighted by molar-refractivity contribution is 6.22. The van der Waals surface area contributed by atoms with E-state index in [9.17, 15) is 29.4 Å². The van der Waals surface area contributed by atoms with Crippen LogP contribution in [0.15, 0.2) is 84.9 Å². The fourth-order valence-corrected chi connectivity index (χ4v) is 6.11. The maximum Gasteiger partial charge on any atom is 0.261 e. The molecule has 0 aliphatic carbocycles. The van der Waals surface area contributed by atoms with Crippen molar-refractivity contribution in [1.82, 2.24) is 9.80 Å². The average molecular weight is 683 g/mol. The molecule has 4 amide bonds. The lowest BCUT2D eigenvalue weighted by molar-refractivity contribution is 0.0449. The van der Waals surface area contributed by atoms with E-state index in [4.69, 9.17) is 22.3 Å². The Balaban J connectivity index is 0.989. The van der Waals surface area contributed by atoms with E-state index < -0.39 is 41.3 Å². The Morgan fingerprint density at radius 3 is 1.29 bits per heavy atom. The Labute approximate surface area is 295 Å². The SMILES string of the molecule is C#Cc1ccc2c(c1)C(=O)N(CC(O)COc1ccc(C(C)(C)c3ccc(OCC(O)CN4C(=O)c5ccc(C#C)cc5C4=O)cc3)cc1)C2=O. The van der Waals surface area contributed by atoms with Gasteiger partial charge in [-0.15, -0.1) is 12.8 Å². The second-order valence-electron chi connectivity index (χ2n) is 12.9. The van der Waals surface area contributed by atoms with Gasteiger partial charge in [-0.1, -0.05) is 50.0 Å². The lowest BCUT2D eigenvalue weighted by Crippen LogP contribution is -2.39. The van der Waals surface area contributed by atoms with E-state index in [1.165, 1.54) is 24.3 Å². The summed E-state index contributed by atoms with van der Waals surface area (Å²) in [5, 5.41) is 21.2. The lowest BCUT2D eigenvalue weighted by atomic mass is 9.78. The van der Waals surface area contributed by atoms with Crippen LogP contribution in [0.2, 0.25) is 0 Å². The summed E-state index contributed by atoms with van der Waals surface area (Å²) in [4.78, 5) is 53.0. The molecule has 0 saturated carbocycles. The number of aliphatic hydroxyl groups excluding tert-OH is 2. The second-order valence-corrected chi connectivity index (χ2v) is 12.9. The highest BCUT2D eigenvalue weighted by Crippen LogP contribution is 2.34. The fourth-order valence-electron chi connectivity index (χ4n) is 6.11. The van der Waals surface area contributed by atoms with E-state index in [0.29, 0.717) is 22.6 Å². The molecule has 6 rings (SSSR count). The van der Waals surface area contributed by atoms with E-state index >= 15 is 0 Å². The zero-order valence-corrected chi connectivity index (χ0v) is 28.0. The Hall–Kier alpha value is -6.20. The summed E-state index contributed by atoms with van der Waals surface area (Å²) >= 11 is 0. The number of fused-ring (bicyclic) bond motifs is 2. The molecule has 0 bridgehead atoms. The number of imide groups is 2. The Morgan fingerprint density at radius 2 is 0.941 bits per heavy atom. The zero-order chi connectivity index (χ0) is 36.4. The molecule has 4 aromatic rings. The first-order chi connectivity index (χ1) is 24.4. The van der Waals surface area contributed by atoms with Crippen molar-refractivity contribution in [2.45, 2.75) is 31.5 Å². The molecule has 2 unspecified atom stereocenters. The van der Waals surface area contributed by atoms with Crippen LogP contribution in [0.1, 0.15) is 77.5 Å². The Kier molecular flexibility index (Phi) is 9.49. The monoisotopic (exact) mass is 682 g/mol. The van der Waals surface area contributed by atoms with Crippen LogP contribution in [0.4, 0.5) is 0 Å². The second kappa shape index (κ2) is 14.0. The van der Waals surface area contributed by atoms with Crippen LogP contribution < -0.4 is 9.47 Å². The number of hydrogen-bond donors (Lipinski definition) is 2. The Bertz CT molecular complexity index is 1970. The summed E-state index contributed by atoms with van der Waals surface area (Å²) in [7, 11) is 0. The molecule has 10 heteroatoms. The van der Waals surface area contributed by atoms with Gasteiger partial charge in [0, 0.05) is 16.5 Å². The van der Waals surface area contributed by atoms with Crippen LogP contribution in [-0.2, 0) is 5.41 Å². The topological polar surface area (TPSA) is 134 Å². The van der Waals surface area contributed by atoms with E-state index in [0.717, 1.165) is 20.9 Å². The van der Waals surface area contributed by atoms with Crippen molar-refractivity contribution < 1.29 is 38.9 Å². The number of terminal acetylenes is 2. The van der Waals surface area contributed by atoms with Gasteiger partial charge >= 0.3 is 0 Å². The van der Waals surface area contributed by atoms with Crippen LogP contribution in [0, 0.1) is 24.7 Å². The largest absolute Gasteiger partial charge is 0.491 e. The van der Waals surface area contributed by atoms with E-state index in [1.54, 1.807) is 36.4 Å². The van der Waals surface area contributed by atoms with Gasteiger partial charge in [-0.3, -0.25) is 29.0 Å². The van der Waals surface area contributed by atoms with Crippen LogP contribution in [-0.4, -0.2) is 82.2 Å². The Morgan fingerprint density at radius 1 is 0.588 bits per heavy atom. The van der Waals surface area contributed by atoms with E-state index in [-0.39, 0.29) is 48.6 Å². The van der Waals surface area contributed by atoms with Crippen LogP contribution in [0.3, 0.4) is 0 Å². The molecule has 4 aromatic carbocycles. The maximum atomic E-state index is 12.8. The third-order valence-electron chi connectivity index (χ3n) is 9.10. The number of amides is 4. The number of hydrogen-bond acceptors (Lipinski definition) is 8. The first-order valence-corrected chi connectivity index (χ1v) is 16.2. The van der Waals surface area contributed by atoms with Gasteiger partial charge in [0.05, 0.1) is 35.3 Å². The third kappa shape index (κ3) is 6.84. The van der Waals surface area contributed by atoms with Gasteiger partial charge in [0.1, 0.15) is 36.9 Å². The standard InChI is InChI=1S/C41H34N2O8/c1-5-25-7-17-33-35(19-25)39(48)42(37(33)46)21-29(44)23-50-31-13-9-27(10-14-31)41(3,4)28-11-15-32(16-12-28)51-24-30(45)22-43-38(47)34-18-8-26(6-2)20-36(34)40(43)49/h1-2,7-20,29-30,44-45H,21-24H2,3-4H3. The van der Waals surface area contributed by atoms with Crippen molar-refractivity contribution in [3.8, 4) is 36.2 Å². The van der Waals surface area contributed by atoms with Crippen molar-refractivity contribution in [3.63, 3.8) is 0 Å². The molecule has 0 radical (unpaired) electrons. The quantitative estimate of drug-likeness (QED) is 0.169. The van der Waals surface area contributed by atoms with Crippen molar-refractivity contribution in [2.24, 2.45) is 0 Å². The normalized spacial score (nSPS) is 14.9. The van der Waals surface area contributed by atoms with Crippen molar-refractivity contribution >= 4 is 23.6 Å². The summed E-state index contributed by atoms with van der Waals surface area (Å²) in [6.45, 7) is 3.43. The lowest BCUT2D eigenvalue weighted by Gasteiger charge is -2.27. The summed E-state index contributed by atoms with van der Waals surface area (Å²) in [6.07, 6.45) is 8.61. The minimum Gasteiger partial charge on any atom is -0.491 e. The molecule has 2 atom stereocenters. The number of β-amino-alcohol motifs (C(OH)–C–C–N with tert-alkyl or cyclic N) is 2. The maximum absolute atomic E-state index is 12.8. The predicted molar refractivity (Wildman–Crippen MR) is 188 cm³/mol. The summed E-state index contributed by atoms with van der Waals surface area (Å²) < 4.78 is 11.5. The van der Waals surface area contributed by atoms with E-state index in [2.05, 4.69) is 25.7 Å². The van der Waals surface area contributed by atoms with Gasteiger partial charge in [-0.25, -0.2) is 0 Å². The molecule has 256 valence electrons. The van der Waals surface area contributed by atoms with Crippen LogP contribution in [0.5, 0.6) is 11.5 Å². The molecular formula is C41H34N2O8. The number of benzene rings is 4. The molecule has 2 N–H and O–H groups in total. The summed E-state index contributed by atoms with van der Waals surface area (Å²) in [5.41, 5.74) is 3.51. The van der Waals surface area contributed by atoms with Crippen molar-refractivity contribution in [3.05, 3.63) is 129 Å². The minimum atomic E-state index is -1.11. The first kappa shape index (κ1) is 34.7.